The second-order valence-electron chi connectivity index (χ2n) is 7.48. The number of piperazine rings is 1. The van der Waals surface area contributed by atoms with E-state index in [0.29, 0.717) is 5.75 Å². The highest BCUT2D eigenvalue weighted by Gasteiger charge is 2.21. The Labute approximate surface area is 200 Å². The first-order valence-corrected chi connectivity index (χ1v) is 10.7. The third kappa shape index (κ3) is 5.61. The van der Waals surface area contributed by atoms with E-state index in [-0.39, 0.29) is 24.0 Å². The van der Waals surface area contributed by atoms with E-state index in [1.165, 1.54) is 5.52 Å². The number of imidazole rings is 1. The van der Waals surface area contributed by atoms with E-state index in [2.05, 4.69) is 43.7 Å². The predicted octanol–water partition coefficient (Wildman–Crippen LogP) is 3.54. The molecule has 0 aliphatic carbocycles. The van der Waals surface area contributed by atoms with E-state index in [1.807, 2.05) is 36.7 Å². The average molecular weight is 534 g/mol. The van der Waals surface area contributed by atoms with Crippen LogP contribution in [0.15, 0.2) is 59.9 Å². The summed E-state index contributed by atoms with van der Waals surface area (Å²) in [6.45, 7) is 8.12. The second-order valence-corrected chi connectivity index (χ2v) is 7.48. The van der Waals surface area contributed by atoms with Crippen molar-refractivity contribution in [1.29, 1.82) is 0 Å². The van der Waals surface area contributed by atoms with Crippen LogP contribution >= 0.6 is 24.0 Å². The molecule has 0 atom stereocenters. The van der Waals surface area contributed by atoms with Crippen LogP contribution in [0.4, 0.5) is 5.69 Å². The monoisotopic (exact) mass is 534 g/mol. The molecule has 7 nitrogen and oxygen atoms in total. The summed E-state index contributed by atoms with van der Waals surface area (Å²) in [6.07, 6.45) is 2.88. The van der Waals surface area contributed by atoms with Gasteiger partial charge in [0.1, 0.15) is 5.75 Å². The zero-order chi connectivity index (χ0) is 20.8. The molecule has 1 aliphatic heterocycles. The first kappa shape index (κ1) is 23.2. The highest BCUT2D eigenvalue weighted by Crippen LogP contribution is 2.27. The fourth-order valence-corrected chi connectivity index (χ4v) is 3.93. The molecule has 8 heteroatoms. The molecule has 3 aromatic rings. The van der Waals surface area contributed by atoms with E-state index >= 15 is 0 Å². The first-order valence-electron chi connectivity index (χ1n) is 10.7. The van der Waals surface area contributed by atoms with Gasteiger partial charge < -0.3 is 24.8 Å². The van der Waals surface area contributed by atoms with E-state index in [1.54, 1.807) is 6.07 Å². The molecule has 0 bridgehead atoms. The van der Waals surface area contributed by atoms with Crippen molar-refractivity contribution >= 4 is 46.7 Å². The van der Waals surface area contributed by atoms with Crippen LogP contribution in [0.3, 0.4) is 0 Å². The summed E-state index contributed by atoms with van der Waals surface area (Å²) in [6, 6.07) is 15.8. The SMILES string of the molecule is CCNC(=NCCCn1cnc2ccccc21)N1CCN(c2ccccc2O)CC1.I. The number of anilines is 1. The number of hydrogen-bond acceptors (Lipinski definition) is 4. The summed E-state index contributed by atoms with van der Waals surface area (Å²) in [5.74, 6) is 1.32. The third-order valence-electron chi connectivity index (χ3n) is 5.48. The summed E-state index contributed by atoms with van der Waals surface area (Å²) in [4.78, 5) is 13.9. The van der Waals surface area contributed by atoms with Crippen molar-refractivity contribution in [3.8, 4) is 5.75 Å². The Morgan fingerprint density at radius 2 is 1.81 bits per heavy atom. The lowest BCUT2D eigenvalue weighted by atomic mass is 10.2. The van der Waals surface area contributed by atoms with Gasteiger partial charge in [0.15, 0.2) is 5.96 Å². The zero-order valence-electron chi connectivity index (χ0n) is 17.9. The highest BCUT2D eigenvalue weighted by atomic mass is 127. The van der Waals surface area contributed by atoms with Gasteiger partial charge in [0.25, 0.3) is 0 Å². The van der Waals surface area contributed by atoms with E-state index in [9.17, 15) is 5.11 Å². The lowest BCUT2D eigenvalue weighted by Crippen LogP contribution is -2.52. The van der Waals surface area contributed by atoms with Gasteiger partial charge in [-0.05, 0) is 37.6 Å². The maximum Gasteiger partial charge on any atom is 0.194 e. The summed E-state index contributed by atoms with van der Waals surface area (Å²) in [7, 11) is 0. The topological polar surface area (TPSA) is 68.9 Å². The van der Waals surface area contributed by atoms with Gasteiger partial charge in [-0.25, -0.2) is 4.98 Å². The Morgan fingerprint density at radius 3 is 2.58 bits per heavy atom. The van der Waals surface area contributed by atoms with Gasteiger partial charge in [-0.3, -0.25) is 4.99 Å². The first-order chi connectivity index (χ1) is 14.8. The number of nitrogens with one attached hydrogen (secondary N) is 1. The fourth-order valence-electron chi connectivity index (χ4n) is 3.93. The zero-order valence-corrected chi connectivity index (χ0v) is 20.3. The molecule has 31 heavy (non-hydrogen) atoms. The number of fused-ring (bicyclic) bond motifs is 1. The summed E-state index contributed by atoms with van der Waals surface area (Å²) in [5, 5.41) is 13.5. The molecule has 0 radical (unpaired) electrons. The number of nitrogens with zero attached hydrogens (tertiary/aromatic N) is 5. The number of rotatable bonds is 6. The number of aromatic hydroxyl groups is 1. The van der Waals surface area contributed by atoms with Gasteiger partial charge in [-0.15, -0.1) is 24.0 Å². The van der Waals surface area contributed by atoms with Crippen LogP contribution in [0.25, 0.3) is 11.0 Å². The average Bonchev–Trinajstić information content (AvgIpc) is 3.20. The van der Waals surface area contributed by atoms with Crippen molar-refractivity contribution in [2.45, 2.75) is 19.9 Å². The van der Waals surface area contributed by atoms with Crippen LogP contribution in [0.5, 0.6) is 5.75 Å². The summed E-state index contributed by atoms with van der Waals surface area (Å²) in [5.41, 5.74) is 3.12. The minimum Gasteiger partial charge on any atom is -0.506 e. The van der Waals surface area contributed by atoms with E-state index < -0.39 is 0 Å². The molecule has 1 fully saturated rings. The Bertz CT molecular complexity index is 996. The molecule has 1 aromatic heterocycles. The third-order valence-corrected chi connectivity index (χ3v) is 5.48. The Morgan fingerprint density at radius 1 is 1.06 bits per heavy atom. The minimum absolute atomic E-state index is 0. The predicted molar refractivity (Wildman–Crippen MR) is 138 cm³/mol. The molecule has 2 heterocycles. The number of phenolic OH excluding ortho intramolecular Hbond substituents is 1. The smallest absolute Gasteiger partial charge is 0.194 e. The maximum absolute atomic E-state index is 10.1. The van der Waals surface area contributed by atoms with Crippen molar-refractivity contribution in [3.63, 3.8) is 0 Å². The molecule has 2 aromatic carbocycles. The quantitative estimate of drug-likeness (QED) is 0.219. The second kappa shape index (κ2) is 11.2. The van der Waals surface area contributed by atoms with Gasteiger partial charge in [-0.1, -0.05) is 24.3 Å². The van der Waals surface area contributed by atoms with Crippen molar-refractivity contribution in [3.05, 3.63) is 54.9 Å². The number of para-hydroxylation sites is 4. The summed E-state index contributed by atoms with van der Waals surface area (Å²) >= 11 is 0. The van der Waals surface area contributed by atoms with Gasteiger partial charge in [0.05, 0.1) is 23.0 Å². The molecule has 2 N–H and O–H groups in total. The van der Waals surface area contributed by atoms with Gasteiger partial charge >= 0.3 is 0 Å². The molecule has 1 saturated heterocycles. The number of benzene rings is 2. The molecule has 0 unspecified atom stereocenters. The normalized spacial score (nSPS) is 14.5. The van der Waals surface area contributed by atoms with Crippen molar-refractivity contribution in [2.24, 2.45) is 4.99 Å². The number of halogens is 1. The van der Waals surface area contributed by atoms with Crippen LogP contribution in [0, 0.1) is 0 Å². The number of aryl methyl sites for hydroxylation is 1. The van der Waals surface area contributed by atoms with Crippen molar-refractivity contribution < 1.29 is 5.11 Å². The van der Waals surface area contributed by atoms with Crippen molar-refractivity contribution in [1.82, 2.24) is 19.8 Å². The molecule has 0 saturated carbocycles. The summed E-state index contributed by atoms with van der Waals surface area (Å²) < 4.78 is 2.20. The Balaban J connectivity index is 0.00000272. The van der Waals surface area contributed by atoms with E-state index in [4.69, 9.17) is 4.99 Å². The molecular weight excluding hydrogens is 503 g/mol. The highest BCUT2D eigenvalue weighted by molar-refractivity contribution is 14.0. The number of guanidine groups is 1. The van der Waals surface area contributed by atoms with Crippen molar-refractivity contribution in [2.75, 3.05) is 44.2 Å². The molecule has 1 aliphatic rings. The Hall–Kier alpha value is -2.49. The standard InChI is InChI=1S/C23H30N6O.HI/c1-2-24-23(25-12-7-13-29-18-26-19-8-3-4-9-20(19)29)28-16-14-27(15-17-28)21-10-5-6-11-22(21)30;/h3-6,8-11,18,30H,2,7,12-17H2,1H3,(H,24,25);1H. The van der Waals surface area contributed by atoms with E-state index in [0.717, 1.165) is 69.4 Å². The van der Waals surface area contributed by atoms with Gasteiger partial charge in [0.2, 0.25) is 0 Å². The maximum atomic E-state index is 10.1. The molecule has 166 valence electrons. The minimum atomic E-state index is 0. The van der Waals surface area contributed by atoms with Gasteiger partial charge in [-0.2, -0.15) is 0 Å². The number of aliphatic imine (C=N–C) groups is 1. The number of aromatic nitrogens is 2. The van der Waals surface area contributed by atoms with Crippen LogP contribution in [-0.2, 0) is 6.54 Å². The van der Waals surface area contributed by atoms with Crippen LogP contribution in [-0.4, -0.2) is 64.8 Å². The molecule has 0 amide bonds. The lowest BCUT2D eigenvalue weighted by Gasteiger charge is -2.37. The number of hydrogen-bond donors (Lipinski definition) is 2. The van der Waals surface area contributed by atoms with Crippen LogP contribution < -0.4 is 10.2 Å². The van der Waals surface area contributed by atoms with Crippen LogP contribution in [0.1, 0.15) is 13.3 Å². The largest absolute Gasteiger partial charge is 0.506 e. The Kier molecular flexibility index (Phi) is 8.39. The lowest BCUT2D eigenvalue weighted by molar-refractivity contribution is 0.369. The fraction of sp³-hybridized carbons (Fsp3) is 0.391. The molecular formula is C23H31IN6O. The van der Waals surface area contributed by atoms with Crippen LogP contribution in [0.2, 0.25) is 0 Å². The number of phenols is 1. The van der Waals surface area contributed by atoms with Gasteiger partial charge in [0, 0.05) is 45.8 Å². The molecule has 4 rings (SSSR count). The molecule has 0 spiro atoms.